The highest BCUT2D eigenvalue weighted by atomic mass is 19.1. The molecule has 2 aromatic rings. The van der Waals surface area contributed by atoms with E-state index in [4.69, 9.17) is 4.74 Å². The topological polar surface area (TPSA) is 45.3 Å². The molecule has 0 unspecified atom stereocenters. The fourth-order valence-electron chi connectivity index (χ4n) is 3.74. The lowest BCUT2D eigenvalue weighted by Crippen LogP contribution is -2.54. The number of aromatic nitrogens is 1. The maximum absolute atomic E-state index is 13.8. The molecule has 1 aromatic heterocycles. The van der Waals surface area contributed by atoms with Gasteiger partial charge < -0.3 is 14.6 Å². The van der Waals surface area contributed by atoms with Crippen LogP contribution in [-0.4, -0.2) is 41.1 Å². The van der Waals surface area contributed by atoms with Gasteiger partial charge in [-0.05, 0) is 31.0 Å². The molecule has 22 heavy (non-hydrogen) atoms. The quantitative estimate of drug-likeness (QED) is 0.880. The number of fused-ring (bicyclic) bond motifs is 2. The molecule has 116 valence electrons. The van der Waals surface area contributed by atoms with Crippen LogP contribution >= 0.6 is 0 Å². The number of benzene rings is 1. The first kappa shape index (κ1) is 13.8. The average molecular weight is 302 g/mol. The molecule has 1 saturated heterocycles. The minimum Gasteiger partial charge on any atom is -0.374 e. The van der Waals surface area contributed by atoms with Crippen LogP contribution in [0, 0.1) is 5.82 Å². The van der Waals surface area contributed by atoms with Crippen molar-refractivity contribution in [2.75, 3.05) is 13.2 Å². The van der Waals surface area contributed by atoms with E-state index in [0.29, 0.717) is 29.7 Å². The fourth-order valence-corrected chi connectivity index (χ4v) is 3.74. The zero-order valence-electron chi connectivity index (χ0n) is 12.3. The number of carbonyl (C=O) groups is 1. The Bertz CT molecular complexity index is 710. The van der Waals surface area contributed by atoms with Crippen molar-refractivity contribution in [3.63, 3.8) is 0 Å². The van der Waals surface area contributed by atoms with E-state index in [-0.39, 0.29) is 23.9 Å². The summed E-state index contributed by atoms with van der Waals surface area (Å²) in [6.07, 6.45) is 4.48. The maximum atomic E-state index is 13.8. The van der Waals surface area contributed by atoms with Crippen molar-refractivity contribution in [1.82, 2.24) is 9.88 Å². The summed E-state index contributed by atoms with van der Waals surface area (Å²) in [5.74, 6) is -0.346. The van der Waals surface area contributed by atoms with E-state index in [9.17, 15) is 9.18 Å². The number of carbonyl (C=O) groups excluding carboxylic acids is 1. The Labute approximate surface area is 128 Å². The number of ether oxygens (including phenoxy) is 1. The Morgan fingerprint density at radius 3 is 3.05 bits per heavy atom. The lowest BCUT2D eigenvalue weighted by molar-refractivity contribution is -0.0754. The first-order chi connectivity index (χ1) is 10.7. The summed E-state index contributed by atoms with van der Waals surface area (Å²) in [7, 11) is 0. The third-order valence-corrected chi connectivity index (χ3v) is 4.83. The molecule has 1 aromatic carbocycles. The number of halogens is 1. The fraction of sp³-hybridized carbons (Fsp3) is 0.471. The zero-order valence-corrected chi connectivity index (χ0v) is 12.3. The Hall–Kier alpha value is -1.88. The maximum Gasteiger partial charge on any atom is 0.270 e. The van der Waals surface area contributed by atoms with Crippen LogP contribution in [-0.2, 0) is 4.74 Å². The smallest absolute Gasteiger partial charge is 0.270 e. The van der Waals surface area contributed by atoms with Crippen LogP contribution in [0.3, 0.4) is 0 Å². The van der Waals surface area contributed by atoms with Crippen LogP contribution in [0.25, 0.3) is 10.9 Å². The highest BCUT2D eigenvalue weighted by molar-refractivity contribution is 5.98. The van der Waals surface area contributed by atoms with Crippen LogP contribution in [0.5, 0.6) is 0 Å². The van der Waals surface area contributed by atoms with Gasteiger partial charge in [-0.1, -0.05) is 18.9 Å². The molecule has 1 aliphatic heterocycles. The summed E-state index contributed by atoms with van der Waals surface area (Å²) in [4.78, 5) is 17.8. The van der Waals surface area contributed by atoms with Crippen LogP contribution in [0.4, 0.5) is 4.39 Å². The van der Waals surface area contributed by atoms with Crippen molar-refractivity contribution >= 4 is 16.8 Å². The van der Waals surface area contributed by atoms with Crippen molar-refractivity contribution in [1.29, 1.82) is 0 Å². The summed E-state index contributed by atoms with van der Waals surface area (Å²) in [6.45, 7) is 1.19. The second-order valence-electron chi connectivity index (χ2n) is 6.14. The molecule has 1 N–H and O–H groups in total. The van der Waals surface area contributed by atoms with Crippen molar-refractivity contribution < 1.29 is 13.9 Å². The Morgan fingerprint density at radius 1 is 1.32 bits per heavy atom. The summed E-state index contributed by atoms with van der Waals surface area (Å²) in [5, 5.41) is 0.472. The number of amides is 1. The van der Waals surface area contributed by atoms with Gasteiger partial charge in [-0.2, -0.15) is 0 Å². The van der Waals surface area contributed by atoms with Gasteiger partial charge in [0.2, 0.25) is 0 Å². The van der Waals surface area contributed by atoms with Gasteiger partial charge in [-0.15, -0.1) is 0 Å². The summed E-state index contributed by atoms with van der Waals surface area (Å²) in [5.41, 5.74) is 1.13. The standard InChI is InChI=1S/C17H19FN2O2/c18-12-4-3-5-13-11(12)10-14(19-13)17(21)20-8-9-22-16-7-2-1-6-15(16)20/h3-5,10,15-16,19H,1-2,6-9H2/t15-,16-/m1/s1. The van der Waals surface area contributed by atoms with E-state index in [0.717, 1.165) is 19.3 Å². The van der Waals surface area contributed by atoms with Crippen LogP contribution < -0.4 is 0 Å². The molecule has 1 aliphatic carbocycles. The Morgan fingerprint density at radius 2 is 2.18 bits per heavy atom. The van der Waals surface area contributed by atoms with Gasteiger partial charge in [-0.3, -0.25) is 4.79 Å². The molecule has 2 heterocycles. The highest BCUT2D eigenvalue weighted by Gasteiger charge is 2.37. The SMILES string of the molecule is O=C(c1cc2c(F)cccc2[nH]1)N1CCO[C@@H]2CCCC[C@H]21. The minimum atomic E-state index is -0.301. The highest BCUT2D eigenvalue weighted by Crippen LogP contribution is 2.30. The molecule has 0 bridgehead atoms. The van der Waals surface area contributed by atoms with E-state index in [1.165, 1.54) is 12.5 Å². The van der Waals surface area contributed by atoms with Gasteiger partial charge >= 0.3 is 0 Å². The molecular weight excluding hydrogens is 283 g/mol. The van der Waals surface area contributed by atoms with Crippen molar-refractivity contribution in [3.8, 4) is 0 Å². The van der Waals surface area contributed by atoms with Gasteiger partial charge in [0, 0.05) is 17.4 Å². The van der Waals surface area contributed by atoms with Gasteiger partial charge in [0.15, 0.2) is 0 Å². The number of nitrogens with zero attached hydrogens (tertiary/aromatic N) is 1. The first-order valence-electron chi connectivity index (χ1n) is 7.94. The third kappa shape index (κ3) is 2.20. The summed E-state index contributed by atoms with van der Waals surface area (Å²) >= 11 is 0. The van der Waals surface area contributed by atoms with E-state index >= 15 is 0 Å². The van der Waals surface area contributed by atoms with E-state index in [2.05, 4.69) is 4.98 Å². The van der Waals surface area contributed by atoms with Crippen LogP contribution in [0.15, 0.2) is 24.3 Å². The van der Waals surface area contributed by atoms with Crippen molar-refractivity contribution in [2.24, 2.45) is 0 Å². The molecule has 1 saturated carbocycles. The Balaban J connectivity index is 1.65. The predicted octanol–water partition coefficient (Wildman–Crippen LogP) is 3.09. The molecule has 5 heteroatoms. The second kappa shape index (κ2) is 5.39. The molecule has 4 rings (SSSR count). The number of rotatable bonds is 1. The molecular formula is C17H19FN2O2. The lowest BCUT2D eigenvalue weighted by atomic mass is 9.90. The van der Waals surface area contributed by atoms with Gasteiger partial charge in [-0.25, -0.2) is 4.39 Å². The first-order valence-corrected chi connectivity index (χ1v) is 7.94. The van der Waals surface area contributed by atoms with E-state index < -0.39 is 0 Å². The minimum absolute atomic E-state index is 0.0456. The number of hydrogen-bond donors (Lipinski definition) is 1. The molecule has 0 radical (unpaired) electrons. The van der Waals surface area contributed by atoms with Crippen LogP contribution in [0.2, 0.25) is 0 Å². The van der Waals surface area contributed by atoms with Gasteiger partial charge in [0.1, 0.15) is 11.5 Å². The van der Waals surface area contributed by atoms with Crippen molar-refractivity contribution in [2.45, 2.75) is 37.8 Å². The number of nitrogens with one attached hydrogen (secondary N) is 1. The van der Waals surface area contributed by atoms with Crippen LogP contribution in [0.1, 0.15) is 36.2 Å². The molecule has 2 atom stereocenters. The number of morpholine rings is 1. The molecule has 4 nitrogen and oxygen atoms in total. The van der Waals surface area contributed by atoms with E-state index in [1.807, 2.05) is 4.90 Å². The molecule has 2 fully saturated rings. The molecule has 0 spiro atoms. The third-order valence-electron chi connectivity index (χ3n) is 4.83. The molecule has 1 amide bonds. The summed E-state index contributed by atoms with van der Waals surface area (Å²) < 4.78 is 19.6. The monoisotopic (exact) mass is 302 g/mol. The zero-order chi connectivity index (χ0) is 15.1. The Kier molecular flexibility index (Phi) is 3.37. The normalized spacial score (nSPS) is 25.2. The largest absolute Gasteiger partial charge is 0.374 e. The molecule has 2 aliphatic rings. The number of aromatic amines is 1. The van der Waals surface area contributed by atoms with Crippen molar-refractivity contribution in [3.05, 3.63) is 35.8 Å². The number of hydrogen-bond acceptors (Lipinski definition) is 2. The average Bonchev–Trinajstić information content (AvgIpc) is 2.99. The van der Waals surface area contributed by atoms with Gasteiger partial charge in [0.25, 0.3) is 5.91 Å². The lowest BCUT2D eigenvalue weighted by Gasteiger charge is -2.43. The predicted molar refractivity (Wildman–Crippen MR) is 81.3 cm³/mol. The van der Waals surface area contributed by atoms with Gasteiger partial charge in [0.05, 0.1) is 18.8 Å². The number of H-pyrrole nitrogens is 1. The van der Waals surface area contributed by atoms with E-state index in [1.54, 1.807) is 18.2 Å². The second-order valence-corrected chi connectivity index (χ2v) is 6.14. The summed E-state index contributed by atoms with van der Waals surface area (Å²) in [6, 6.07) is 6.63.